The van der Waals surface area contributed by atoms with Gasteiger partial charge in [0.25, 0.3) is 5.91 Å². The van der Waals surface area contributed by atoms with Crippen LogP contribution in [0.1, 0.15) is 27.8 Å². The average molecular weight is 424 g/mol. The largest absolute Gasteiger partial charge is 0.487 e. The molecule has 136 valence electrons. The molecule has 1 aromatic heterocycles. The van der Waals surface area contributed by atoms with Gasteiger partial charge in [0, 0.05) is 29.0 Å². The number of benzene rings is 2. The zero-order chi connectivity index (χ0) is 18.8. The number of rotatable bonds is 4. The Balaban J connectivity index is 1.67. The van der Waals surface area contributed by atoms with Crippen LogP contribution in [0.3, 0.4) is 0 Å². The molecule has 6 heteroatoms. The molecule has 4 rings (SSSR count). The van der Waals surface area contributed by atoms with E-state index in [1.54, 1.807) is 18.1 Å². The number of aromatic nitrogens is 1. The Bertz CT molecular complexity index is 978. The van der Waals surface area contributed by atoms with Gasteiger partial charge in [0.15, 0.2) is 0 Å². The fraction of sp³-hybridized carbons (Fsp3) is 0.143. The second-order valence-corrected chi connectivity index (χ2v) is 7.22. The SMILES string of the molecule is CN1C(=O)c2ccccc2NC1c1cc(Br)ccc1OCc1ccccn1. The molecule has 2 aromatic carbocycles. The molecule has 1 aliphatic heterocycles. The molecule has 0 spiro atoms. The van der Waals surface area contributed by atoms with Gasteiger partial charge in [-0.25, -0.2) is 0 Å². The van der Waals surface area contributed by atoms with Crippen LogP contribution in [0.5, 0.6) is 5.75 Å². The van der Waals surface area contributed by atoms with Gasteiger partial charge >= 0.3 is 0 Å². The second-order valence-electron chi connectivity index (χ2n) is 6.30. The lowest BCUT2D eigenvalue weighted by atomic mass is 10.0. The number of ether oxygens (including phenoxy) is 1. The van der Waals surface area contributed by atoms with Crippen LogP contribution in [0.15, 0.2) is 71.3 Å². The highest BCUT2D eigenvalue weighted by Crippen LogP contribution is 2.37. The highest BCUT2D eigenvalue weighted by atomic mass is 79.9. The van der Waals surface area contributed by atoms with Crippen molar-refractivity contribution < 1.29 is 9.53 Å². The summed E-state index contributed by atoms with van der Waals surface area (Å²) in [6.07, 6.45) is 1.41. The number of pyridine rings is 1. The number of nitrogens with one attached hydrogen (secondary N) is 1. The molecule has 1 atom stereocenters. The van der Waals surface area contributed by atoms with E-state index in [1.165, 1.54) is 0 Å². The molecule has 0 fully saturated rings. The molecule has 0 bridgehead atoms. The Morgan fingerprint density at radius 1 is 1.15 bits per heavy atom. The van der Waals surface area contributed by atoms with Crippen molar-refractivity contribution in [3.63, 3.8) is 0 Å². The molecule has 27 heavy (non-hydrogen) atoms. The molecule has 5 nitrogen and oxygen atoms in total. The summed E-state index contributed by atoms with van der Waals surface area (Å²) in [5, 5.41) is 3.45. The predicted octanol–water partition coefficient (Wildman–Crippen LogP) is 4.62. The first kappa shape index (κ1) is 17.5. The molecular formula is C21H18BrN3O2. The lowest BCUT2D eigenvalue weighted by Gasteiger charge is -2.36. The summed E-state index contributed by atoms with van der Waals surface area (Å²) in [6.45, 7) is 0.358. The zero-order valence-electron chi connectivity index (χ0n) is 14.7. The lowest BCUT2D eigenvalue weighted by Crippen LogP contribution is -2.40. The number of fused-ring (bicyclic) bond motifs is 1. The van der Waals surface area contributed by atoms with E-state index in [9.17, 15) is 4.79 Å². The van der Waals surface area contributed by atoms with Crippen LogP contribution in [-0.4, -0.2) is 22.8 Å². The number of anilines is 1. The van der Waals surface area contributed by atoms with E-state index in [4.69, 9.17) is 4.74 Å². The van der Waals surface area contributed by atoms with Gasteiger partial charge in [-0.05, 0) is 42.5 Å². The van der Waals surface area contributed by atoms with Gasteiger partial charge in [0.05, 0.1) is 11.3 Å². The molecular weight excluding hydrogens is 406 g/mol. The molecule has 1 unspecified atom stereocenters. The third-order valence-corrected chi connectivity index (χ3v) is 5.02. The van der Waals surface area contributed by atoms with E-state index < -0.39 is 0 Å². The fourth-order valence-corrected chi connectivity index (χ4v) is 3.51. The van der Waals surface area contributed by atoms with E-state index in [0.29, 0.717) is 17.9 Å². The number of para-hydroxylation sites is 1. The number of amides is 1. The molecule has 1 N–H and O–H groups in total. The summed E-state index contributed by atoms with van der Waals surface area (Å²) < 4.78 is 6.96. The van der Waals surface area contributed by atoms with Crippen molar-refractivity contribution in [2.24, 2.45) is 0 Å². The smallest absolute Gasteiger partial charge is 0.257 e. The number of hydrogen-bond donors (Lipinski definition) is 1. The summed E-state index contributed by atoms with van der Waals surface area (Å²) in [5.41, 5.74) is 3.21. The van der Waals surface area contributed by atoms with Crippen molar-refractivity contribution >= 4 is 27.5 Å². The van der Waals surface area contributed by atoms with Crippen LogP contribution < -0.4 is 10.1 Å². The van der Waals surface area contributed by atoms with Gasteiger partial charge in [-0.15, -0.1) is 0 Å². The molecule has 0 aliphatic carbocycles. The third-order valence-electron chi connectivity index (χ3n) is 4.53. The quantitative estimate of drug-likeness (QED) is 0.664. The van der Waals surface area contributed by atoms with Crippen molar-refractivity contribution in [2.45, 2.75) is 12.8 Å². The number of carbonyl (C=O) groups excluding carboxylic acids is 1. The highest BCUT2D eigenvalue weighted by Gasteiger charge is 2.31. The third kappa shape index (κ3) is 3.53. The van der Waals surface area contributed by atoms with Crippen molar-refractivity contribution in [1.29, 1.82) is 0 Å². The van der Waals surface area contributed by atoms with Gasteiger partial charge in [-0.1, -0.05) is 34.1 Å². The van der Waals surface area contributed by atoms with Gasteiger partial charge in [0.1, 0.15) is 18.5 Å². The van der Waals surface area contributed by atoms with E-state index in [-0.39, 0.29) is 12.1 Å². The van der Waals surface area contributed by atoms with Gasteiger partial charge < -0.3 is 15.0 Å². The van der Waals surface area contributed by atoms with Crippen LogP contribution in [0.2, 0.25) is 0 Å². The number of halogens is 1. The van der Waals surface area contributed by atoms with Crippen molar-refractivity contribution in [2.75, 3.05) is 12.4 Å². The molecule has 0 saturated carbocycles. The van der Waals surface area contributed by atoms with Gasteiger partial charge in [0.2, 0.25) is 0 Å². The number of nitrogens with zero attached hydrogens (tertiary/aromatic N) is 2. The Morgan fingerprint density at radius 2 is 1.96 bits per heavy atom. The van der Waals surface area contributed by atoms with Crippen molar-refractivity contribution in [3.8, 4) is 5.75 Å². The Kier molecular flexibility index (Phi) is 4.81. The van der Waals surface area contributed by atoms with E-state index in [1.807, 2.05) is 60.7 Å². The van der Waals surface area contributed by atoms with Crippen LogP contribution in [0.25, 0.3) is 0 Å². The molecule has 2 heterocycles. The maximum Gasteiger partial charge on any atom is 0.257 e. The number of carbonyl (C=O) groups is 1. The topological polar surface area (TPSA) is 54.5 Å². The first-order chi connectivity index (χ1) is 13.1. The predicted molar refractivity (Wildman–Crippen MR) is 108 cm³/mol. The second kappa shape index (κ2) is 7.40. The summed E-state index contributed by atoms with van der Waals surface area (Å²) in [6, 6.07) is 19.1. The Labute approximate surface area is 166 Å². The van der Waals surface area contributed by atoms with Gasteiger partial charge in [-0.3, -0.25) is 9.78 Å². The van der Waals surface area contributed by atoms with Crippen LogP contribution >= 0.6 is 15.9 Å². The maximum absolute atomic E-state index is 12.8. The molecule has 1 aliphatic rings. The van der Waals surface area contributed by atoms with E-state index in [0.717, 1.165) is 21.4 Å². The maximum atomic E-state index is 12.8. The summed E-state index contributed by atoms with van der Waals surface area (Å²) in [7, 11) is 1.79. The Morgan fingerprint density at radius 3 is 2.78 bits per heavy atom. The van der Waals surface area contributed by atoms with E-state index >= 15 is 0 Å². The Hall–Kier alpha value is -2.86. The van der Waals surface area contributed by atoms with Crippen molar-refractivity contribution in [3.05, 3.63) is 88.2 Å². The first-order valence-electron chi connectivity index (χ1n) is 8.58. The minimum Gasteiger partial charge on any atom is -0.487 e. The summed E-state index contributed by atoms with van der Waals surface area (Å²) in [5.74, 6) is 0.686. The first-order valence-corrected chi connectivity index (χ1v) is 9.37. The normalized spacial score (nSPS) is 15.9. The minimum absolute atomic E-state index is 0.0231. The minimum atomic E-state index is -0.330. The highest BCUT2D eigenvalue weighted by molar-refractivity contribution is 9.10. The van der Waals surface area contributed by atoms with Crippen LogP contribution in [0, 0.1) is 0 Å². The molecule has 3 aromatic rings. The van der Waals surface area contributed by atoms with Crippen molar-refractivity contribution in [1.82, 2.24) is 9.88 Å². The standard InChI is InChI=1S/C21H18BrN3O2/c1-25-20(24-18-8-3-2-7-16(18)21(25)26)17-12-14(22)9-10-19(17)27-13-15-6-4-5-11-23-15/h2-12,20,24H,13H2,1H3. The van der Waals surface area contributed by atoms with E-state index in [2.05, 4.69) is 26.2 Å². The fourth-order valence-electron chi connectivity index (χ4n) is 3.13. The number of hydrogen-bond acceptors (Lipinski definition) is 4. The summed E-state index contributed by atoms with van der Waals surface area (Å²) in [4.78, 5) is 18.8. The lowest BCUT2D eigenvalue weighted by molar-refractivity contribution is 0.0733. The average Bonchev–Trinajstić information content (AvgIpc) is 2.70. The molecule has 0 saturated heterocycles. The van der Waals surface area contributed by atoms with Crippen LogP contribution in [0.4, 0.5) is 5.69 Å². The summed E-state index contributed by atoms with van der Waals surface area (Å²) >= 11 is 3.53. The van der Waals surface area contributed by atoms with Gasteiger partial charge in [-0.2, -0.15) is 0 Å². The monoisotopic (exact) mass is 423 g/mol. The molecule has 0 radical (unpaired) electrons. The van der Waals surface area contributed by atoms with Crippen LogP contribution in [-0.2, 0) is 6.61 Å². The zero-order valence-corrected chi connectivity index (χ0v) is 16.3. The molecule has 1 amide bonds.